The Morgan fingerprint density at radius 2 is 2.22 bits per heavy atom. The summed E-state index contributed by atoms with van der Waals surface area (Å²) in [5, 5.41) is 8.97. The third kappa shape index (κ3) is 3.72. The highest BCUT2D eigenvalue weighted by molar-refractivity contribution is 7.78. The topological polar surface area (TPSA) is 32.3 Å². The molecule has 0 spiro atoms. The summed E-state index contributed by atoms with van der Waals surface area (Å²) in [6.45, 7) is 2.90. The van der Waals surface area contributed by atoms with Crippen molar-refractivity contribution in [1.82, 2.24) is 4.72 Å². The molecule has 0 unspecified atom stereocenters. The Kier molecular flexibility index (Phi) is 3.46. The molecular weight excluding hydrogens is 141 g/mol. The predicted molar refractivity (Wildman–Crippen MR) is 38.2 cm³/mol. The molecular formula is C5H12FNOS. The van der Waals surface area contributed by atoms with Gasteiger partial charge in [-0.2, -0.15) is 0 Å². The lowest BCUT2D eigenvalue weighted by Gasteiger charge is -2.21. The van der Waals surface area contributed by atoms with Gasteiger partial charge >= 0.3 is 0 Å². The quantitative estimate of drug-likeness (QED) is 0.517. The van der Waals surface area contributed by atoms with Crippen molar-refractivity contribution in [2.24, 2.45) is 0 Å². The highest BCUT2D eigenvalue weighted by atomic mass is 32.1. The molecule has 56 valence electrons. The van der Waals surface area contributed by atoms with Crippen LogP contribution in [0.25, 0.3) is 0 Å². The van der Waals surface area contributed by atoms with E-state index in [0.717, 1.165) is 0 Å². The number of nitrogens with one attached hydrogen (secondary N) is 1. The van der Waals surface area contributed by atoms with E-state index >= 15 is 0 Å². The van der Waals surface area contributed by atoms with E-state index in [1.54, 1.807) is 0 Å². The van der Waals surface area contributed by atoms with Gasteiger partial charge in [-0.3, -0.25) is 4.72 Å². The Morgan fingerprint density at radius 1 is 1.78 bits per heavy atom. The predicted octanol–water partition coefficient (Wildman–Crippen LogP) is 0.530. The molecule has 1 atom stereocenters. The van der Waals surface area contributed by atoms with E-state index in [-0.39, 0.29) is 6.54 Å². The minimum Gasteiger partial charge on any atom is -0.387 e. The van der Waals surface area contributed by atoms with Crippen LogP contribution >= 0.6 is 12.8 Å². The molecule has 0 aliphatic heterocycles. The lowest BCUT2D eigenvalue weighted by atomic mass is 10.0. The van der Waals surface area contributed by atoms with Crippen LogP contribution in [0.4, 0.5) is 4.39 Å². The molecule has 9 heavy (non-hydrogen) atoms. The lowest BCUT2D eigenvalue weighted by Crippen LogP contribution is -2.38. The number of rotatable bonds is 3. The molecule has 0 fully saturated rings. The second-order valence-corrected chi connectivity index (χ2v) is 2.80. The van der Waals surface area contributed by atoms with Crippen molar-refractivity contribution in [3.63, 3.8) is 0 Å². The number of halogens is 1. The Balaban J connectivity index is 3.59. The van der Waals surface area contributed by atoms with E-state index < -0.39 is 11.8 Å². The molecule has 0 saturated heterocycles. The van der Waals surface area contributed by atoms with Gasteiger partial charge in [-0.1, -0.05) is 12.8 Å². The van der Waals surface area contributed by atoms with E-state index in [2.05, 4.69) is 17.5 Å². The van der Waals surface area contributed by atoms with E-state index in [1.165, 1.54) is 13.8 Å². The van der Waals surface area contributed by atoms with Crippen LogP contribution in [0.5, 0.6) is 0 Å². The van der Waals surface area contributed by atoms with E-state index in [9.17, 15) is 4.39 Å². The van der Waals surface area contributed by atoms with Crippen LogP contribution in [0.15, 0.2) is 0 Å². The van der Waals surface area contributed by atoms with Gasteiger partial charge in [0, 0.05) is 6.54 Å². The zero-order valence-corrected chi connectivity index (χ0v) is 6.45. The van der Waals surface area contributed by atoms with Crippen LogP contribution in [0.3, 0.4) is 0 Å². The number of aliphatic hydroxyl groups is 1. The fourth-order valence-electron chi connectivity index (χ4n) is 0.330. The van der Waals surface area contributed by atoms with Gasteiger partial charge in [0.15, 0.2) is 0 Å². The standard InChI is InChI=1S/C5H12FNOS/c1-5(2,8)4(6)3-7-9/h4,7-9H,3H2,1-2H3/t4-/m1/s1. The van der Waals surface area contributed by atoms with Crippen LogP contribution in [0.2, 0.25) is 0 Å². The maximum Gasteiger partial charge on any atom is 0.141 e. The molecule has 0 saturated carbocycles. The van der Waals surface area contributed by atoms with Gasteiger partial charge in [-0.15, -0.1) is 0 Å². The molecule has 0 bridgehead atoms. The second kappa shape index (κ2) is 3.39. The number of hydrogen-bond donors (Lipinski definition) is 3. The van der Waals surface area contributed by atoms with Gasteiger partial charge in [0.25, 0.3) is 0 Å². The maximum absolute atomic E-state index is 12.5. The Labute approximate surface area is 60.0 Å². The maximum atomic E-state index is 12.5. The molecule has 0 aliphatic carbocycles. The number of hydrogen-bond acceptors (Lipinski definition) is 3. The molecule has 0 aromatic rings. The molecule has 2 nitrogen and oxygen atoms in total. The normalized spacial score (nSPS) is 15.7. The molecule has 0 aromatic carbocycles. The van der Waals surface area contributed by atoms with Crippen molar-refractivity contribution in [2.75, 3.05) is 6.54 Å². The Bertz CT molecular complexity index is 83.5. The van der Waals surface area contributed by atoms with Crippen LogP contribution in [0.1, 0.15) is 13.8 Å². The monoisotopic (exact) mass is 153 g/mol. The minimum absolute atomic E-state index is 0.0621. The highest BCUT2D eigenvalue weighted by Gasteiger charge is 2.25. The number of alkyl halides is 1. The van der Waals surface area contributed by atoms with Gasteiger partial charge in [0.2, 0.25) is 0 Å². The van der Waals surface area contributed by atoms with Crippen molar-refractivity contribution >= 4 is 12.8 Å². The Hall–Kier alpha value is 0.200. The van der Waals surface area contributed by atoms with E-state index in [0.29, 0.717) is 0 Å². The summed E-state index contributed by atoms with van der Waals surface area (Å²) < 4.78 is 14.9. The van der Waals surface area contributed by atoms with Crippen molar-refractivity contribution in [2.45, 2.75) is 25.6 Å². The molecule has 0 heterocycles. The summed E-state index contributed by atoms with van der Waals surface area (Å²) in [6.07, 6.45) is -1.27. The SMILES string of the molecule is CC(C)(O)[C@H](F)CNS. The zero-order chi connectivity index (χ0) is 7.49. The summed E-state index contributed by atoms with van der Waals surface area (Å²) in [6, 6.07) is 0. The summed E-state index contributed by atoms with van der Waals surface area (Å²) in [4.78, 5) is 0. The summed E-state index contributed by atoms with van der Waals surface area (Å²) in [5.41, 5.74) is -1.27. The number of thiol groups is 1. The van der Waals surface area contributed by atoms with Crippen LogP contribution in [0, 0.1) is 0 Å². The highest BCUT2D eigenvalue weighted by Crippen LogP contribution is 2.10. The van der Waals surface area contributed by atoms with Gasteiger partial charge in [-0.05, 0) is 13.8 Å². The van der Waals surface area contributed by atoms with Crippen LogP contribution in [-0.2, 0) is 0 Å². The first-order chi connectivity index (χ1) is 3.98. The third-order valence-corrected chi connectivity index (χ3v) is 1.22. The molecule has 4 heteroatoms. The van der Waals surface area contributed by atoms with Crippen LogP contribution < -0.4 is 4.72 Å². The third-order valence-electron chi connectivity index (χ3n) is 1.04. The first kappa shape index (κ1) is 9.20. The lowest BCUT2D eigenvalue weighted by molar-refractivity contribution is 0.000207. The smallest absolute Gasteiger partial charge is 0.141 e. The Morgan fingerprint density at radius 3 is 2.33 bits per heavy atom. The van der Waals surface area contributed by atoms with Crippen LogP contribution in [-0.4, -0.2) is 23.4 Å². The van der Waals surface area contributed by atoms with Crippen molar-refractivity contribution in [3.8, 4) is 0 Å². The zero-order valence-electron chi connectivity index (χ0n) is 5.56. The van der Waals surface area contributed by atoms with Crippen molar-refractivity contribution in [3.05, 3.63) is 0 Å². The molecule has 2 N–H and O–H groups in total. The van der Waals surface area contributed by atoms with Crippen molar-refractivity contribution < 1.29 is 9.50 Å². The molecule has 0 aliphatic rings. The first-order valence-electron chi connectivity index (χ1n) is 2.72. The van der Waals surface area contributed by atoms with Gasteiger partial charge < -0.3 is 5.11 Å². The summed E-state index contributed by atoms with van der Waals surface area (Å²) in [5.74, 6) is 0. The molecule has 0 radical (unpaired) electrons. The van der Waals surface area contributed by atoms with Gasteiger partial charge in [0.1, 0.15) is 6.17 Å². The first-order valence-corrected chi connectivity index (χ1v) is 3.16. The summed E-state index contributed by atoms with van der Waals surface area (Å²) in [7, 11) is 0. The van der Waals surface area contributed by atoms with E-state index in [4.69, 9.17) is 5.11 Å². The fraction of sp³-hybridized carbons (Fsp3) is 1.00. The average Bonchev–Trinajstić information content (AvgIpc) is 1.64. The van der Waals surface area contributed by atoms with E-state index in [1.807, 2.05) is 0 Å². The largest absolute Gasteiger partial charge is 0.387 e. The molecule has 0 rings (SSSR count). The minimum atomic E-state index is -1.27. The fourth-order valence-corrected chi connectivity index (χ4v) is 0.490. The van der Waals surface area contributed by atoms with Gasteiger partial charge in [0.05, 0.1) is 5.60 Å². The average molecular weight is 153 g/mol. The molecule has 0 amide bonds. The van der Waals surface area contributed by atoms with Gasteiger partial charge in [-0.25, -0.2) is 4.39 Å². The second-order valence-electron chi connectivity index (χ2n) is 2.48. The molecule has 0 aromatic heterocycles. The summed E-state index contributed by atoms with van der Waals surface area (Å²) >= 11 is 3.59. The van der Waals surface area contributed by atoms with Crippen molar-refractivity contribution in [1.29, 1.82) is 0 Å².